The van der Waals surface area contributed by atoms with E-state index in [1.54, 1.807) is 0 Å². The van der Waals surface area contributed by atoms with Crippen molar-refractivity contribution in [3.05, 3.63) is 47.0 Å². The molecule has 17 heavy (non-hydrogen) atoms. The molecule has 0 fully saturated rings. The number of hydrogen-bond acceptors (Lipinski definition) is 2. The molecule has 0 saturated heterocycles. The van der Waals surface area contributed by atoms with Gasteiger partial charge in [-0.15, -0.1) is 0 Å². The summed E-state index contributed by atoms with van der Waals surface area (Å²) in [6.45, 7) is 10.1. The van der Waals surface area contributed by atoms with E-state index in [1.165, 1.54) is 0 Å². The minimum Gasteiger partial charge on any atom is -0.372 e. The van der Waals surface area contributed by atoms with Gasteiger partial charge in [0.15, 0.2) is 0 Å². The van der Waals surface area contributed by atoms with Crippen molar-refractivity contribution in [1.82, 2.24) is 5.32 Å². The van der Waals surface area contributed by atoms with Gasteiger partial charge in [0.25, 0.3) is 0 Å². The Balaban J connectivity index is 2.21. The molecule has 0 spiro atoms. The molecule has 0 aliphatic carbocycles. The molecule has 1 aromatic carbocycles. The minimum absolute atomic E-state index is 0.472. The van der Waals surface area contributed by atoms with Crippen LogP contribution >= 0.6 is 11.6 Å². The van der Waals surface area contributed by atoms with Gasteiger partial charge in [-0.05, 0) is 23.3 Å². The summed E-state index contributed by atoms with van der Waals surface area (Å²) in [5, 5.41) is 4.04. The molecular weight excluding hydrogens is 234 g/mol. The Hall–Kier alpha value is -0.830. The van der Waals surface area contributed by atoms with E-state index in [0.29, 0.717) is 19.3 Å². The maximum Gasteiger partial charge on any atom is 0.0721 e. The van der Waals surface area contributed by atoms with Gasteiger partial charge in [-0.25, -0.2) is 0 Å². The van der Waals surface area contributed by atoms with Crippen LogP contribution in [0.3, 0.4) is 0 Å². The van der Waals surface area contributed by atoms with Crippen molar-refractivity contribution in [2.24, 2.45) is 0 Å². The molecule has 0 aliphatic rings. The summed E-state index contributed by atoms with van der Waals surface area (Å²) in [7, 11) is 0. The fraction of sp³-hybridized carbons (Fsp3) is 0.429. The first-order valence-corrected chi connectivity index (χ1v) is 6.18. The van der Waals surface area contributed by atoms with Gasteiger partial charge >= 0.3 is 0 Å². The molecule has 0 unspecified atom stereocenters. The highest BCUT2D eigenvalue weighted by Crippen LogP contribution is 2.11. The normalized spacial score (nSPS) is 10.8. The van der Waals surface area contributed by atoms with Crippen LogP contribution in [0.15, 0.2) is 36.4 Å². The third-order valence-electron chi connectivity index (χ3n) is 2.22. The van der Waals surface area contributed by atoms with Gasteiger partial charge in [-0.3, -0.25) is 0 Å². The number of benzene rings is 1. The smallest absolute Gasteiger partial charge is 0.0721 e. The molecule has 0 bridgehead atoms. The van der Waals surface area contributed by atoms with Crippen LogP contribution in [0, 0.1) is 0 Å². The summed E-state index contributed by atoms with van der Waals surface area (Å²) < 4.78 is 5.57. The van der Waals surface area contributed by atoms with Crippen LogP contribution < -0.4 is 5.32 Å². The van der Waals surface area contributed by atoms with Crippen LogP contribution in [0.1, 0.15) is 19.4 Å². The zero-order valence-corrected chi connectivity index (χ0v) is 11.3. The molecule has 3 heteroatoms. The van der Waals surface area contributed by atoms with Crippen LogP contribution in [0.25, 0.3) is 0 Å². The molecule has 0 aliphatic heterocycles. The maximum absolute atomic E-state index is 5.89. The van der Waals surface area contributed by atoms with E-state index in [2.05, 4.69) is 25.7 Å². The number of ether oxygens (including phenoxy) is 1. The topological polar surface area (TPSA) is 21.3 Å². The van der Waals surface area contributed by atoms with E-state index >= 15 is 0 Å². The van der Waals surface area contributed by atoms with E-state index in [4.69, 9.17) is 16.3 Å². The Kier molecular flexibility index (Phi) is 6.27. The summed E-state index contributed by atoms with van der Waals surface area (Å²) in [6.07, 6.45) is 0. The molecule has 0 aromatic heterocycles. The SMILES string of the molecule is C=C(CNC(C)C)COCc1cccc(Cl)c1. The highest BCUT2D eigenvalue weighted by molar-refractivity contribution is 6.30. The number of hydrogen-bond donors (Lipinski definition) is 1. The Morgan fingerprint density at radius 3 is 2.88 bits per heavy atom. The molecule has 0 saturated carbocycles. The first kappa shape index (κ1) is 14.2. The van der Waals surface area contributed by atoms with Gasteiger partial charge in [0.05, 0.1) is 13.2 Å². The third kappa shape index (κ3) is 6.47. The van der Waals surface area contributed by atoms with Crippen molar-refractivity contribution in [2.45, 2.75) is 26.5 Å². The van der Waals surface area contributed by atoms with E-state index in [0.717, 1.165) is 22.7 Å². The molecule has 1 rings (SSSR count). The van der Waals surface area contributed by atoms with Crippen LogP contribution in [0.2, 0.25) is 5.02 Å². The molecule has 1 aromatic rings. The summed E-state index contributed by atoms with van der Waals surface area (Å²) >= 11 is 5.89. The Labute approximate surface area is 109 Å². The summed E-state index contributed by atoms with van der Waals surface area (Å²) in [6, 6.07) is 8.17. The Bertz CT molecular complexity index is 363. The lowest BCUT2D eigenvalue weighted by Gasteiger charge is -2.11. The quantitative estimate of drug-likeness (QED) is 0.752. The minimum atomic E-state index is 0.472. The van der Waals surface area contributed by atoms with Crippen LogP contribution in [0.4, 0.5) is 0 Å². The van der Waals surface area contributed by atoms with E-state index in [-0.39, 0.29) is 0 Å². The summed E-state index contributed by atoms with van der Waals surface area (Å²) in [5.41, 5.74) is 2.14. The lowest BCUT2D eigenvalue weighted by Crippen LogP contribution is -2.25. The van der Waals surface area contributed by atoms with Gasteiger partial charge in [0, 0.05) is 17.6 Å². The number of halogens is 1. The first-order valence-electron chi connectivity index (χ1n) is 5.80. The monoisotopic (exact) mass is 253 g/mol. The predicted molar refractivity (Wildman–Crippen MR) is 73.4 cm³/mol. The first-order chi connectivity index (χ1) is 8.08. The maximum atomic E-state index is 5.89. The van der Waals surface area contributed by atoms with Crippen LogP contribution in [0.5, 0.6) is 0 Å². The summed E-state index contributed by atoms with van der Waals surface area (Å²) in [5.74, 6) is 0. The van der Waals surface area contributed by atoms with Gasteiger partial charge in [-0.1, -0.05) is 44.2 Å². The van der Waals surface area contributed by atoms with Gasteiger partial charge in [0.1, 0.15) is 0 Å². The molecule has 0 amide bonds. The van der Waals surface area contributed by atoms with Crippen LogP contribution in [-0.2, 0) is 11.3 Å². The zero-order chi connectivity index (χ0) is 12.7. The fourth-order valence-corrected chi connectivity index (χ4v) is 1.55. The Morgan fingerprint density at radius 1 is 1.47 bits per heavy atom. The number of nitrogens with one attached hydrogen (secondary N) is 1. The molecule has 2 nitrogen and oxygen atoms in total. The molecule has 0 heterocycles. The molecule has 0 radical (unpaired) electrons. The van der Waals surface area contributed by atoms with Crippen molar-refractivity contribution in [1.29, 1.82) is 0 Å². The van der Waals surface area contributed by atoms with E-state index in [9.17, 15) is 0 Å². The highest BCUT2D eigenvalue weighted by atomic mass is 35.5. The predicted octanol–water partition coefficient (Wildman–Crippen LogP) is 3.41. The second-order valence-electron chi connectivity index (χ2n) is 4.41. The zero-order valence-electron chi connectivity index (χ0n) is 10.5. The largest absolute Gasteiger partial charge is 0.372 e. The van der Waals surface area contributed by atoms with Crippen molar-refractivity contribution in [2.75, 3.05) is 13.2 Å². The standard InChI is InChI=1S/C14H20ClNO/c1-11(2)16-8-12(3)9-17-10-13-5-4-6-14(15)7-13/h4-7,11,16H,3,8-10H2,1-2H3. The van der Waals surface area contributed by atoms with Crippen molar-refractivity contribution >= 4 is 11.6 Å². The van der Waals surface area contributed by atoms with E-state index < -0.39 is 0 Å². The van der Waals surface area contributed by atoms with Crippen molar-refractivity contribution < 1.29 is 4.74 Å². The molecule has 0 atom stereocenters. The average molecular weight is 254 g/mol. The Morgan fingerprint density at radius 2 is 2.24 bits per heavy atom. The highest BCUT2D eigenvalue weighted by Gasteiger charge is 1.98. The lowest BCUT2D eigenvalue weighted by molar-refractivity contribution is 0.141. The number of rotatable bonds is 7. The second kappa shape index (κ2) is 7.49. The second-order valence-corrected chi connectivity index (χ2v) is 4.84. The fourth-order valence-electron chi connectivity index (χ4n) is 1.34. The van der Waals surface area contributed by atoms with Crippen molar-refractivity contribution in [3.8, 4) is 0 Å². The molecule has 94 valence electrons. The van der Waals surface area contributed by atoms with Gasteiger partial charge in [0.2, 0.25) is 0 Å². The third-order valence-corrected chi connectivity index (χ3v) is 2.46. The van der Waals surface area contributed by atoms with Crippen LogP contribution in [-0.4, -0.2) is 19.2 Å². The molecular formula is C14H20ClNO. The lowest BCUT2D eigenvalue weighted by atomic mass is 10.2. The van der Waals surface area contributed by atoms with Crippen molar-refractivity contribution in [3.63, 3.8) is 0 Å². The van der Waals surface area contributed by atoms with Gasteiger partial charge < -0.3 is 10.1 Å². The van der Waals surface area contributed by atoms with Gasteiger partial charge in [-0.2, -0.15) is 0 Å². The summed E-state index contributed by atoms with van der Waals surface area (Å²) in [4.78, 5) is 0. The molecule has 1 N–H and O–H groups in total. The average Bonchev–Trinajstić information content (AvgIpc) is 2.26. The van der Waals surface area contributed by atoms with E-state index in [1.807, 2.05) is 24.3 Å².